The van der Waals surface area contributed by atoms with E-state index in [0.717, 1.165) is 29.2 Å². The molecule has 4 aromatic heterocycles. The maximum atomic E-state index is 12.5. The molecule has 0 spiro atoms. The highest BCUT2D eigenvalue weighted by Crippen LogP contribution is 2.27. The second-order valence-corrected chi connectivity index (χ2v) is 7.96. The summed E-state index contributed by atoms with van der Waals surface area (Å²) in [6, 6.07) is 9.48. The minimum atomic E-state index is -0.139. The van der Waals surface area contributed by atoms with Gasteiger partial charge < -0.3 is 5.32 Å². The largest absolute Gasteiger partial charge is 0.319 e. The first kappa shape index (κ1) is 17.6. The summed E-state index contributed by atoms with van der Waals surface area (Å²) in [4.78, 5) is 23.9. The average molecular weight is 396 g/mol. The molecule has 0 aromatic carbocycles. The van der Waals surface area contributed by atoms with Gasteiger partial charge in [0.15, 0.2) is 0 Å². The number of carbonyl (C=O) groups excluding carboxylic acids is 1. The van der Waals surface area contributed by atoms with Crippen LogP contribution in [-0.2, 0) is 13.0 Å². The predicted molar refractivity (Wildman–Crippen MR) is 108 cm³/mol. The first-order valence-corrected chi connectivity index (χ1v) is 10.1. The Hall–Kier alpha value is -2.84. The summed E-state index contributed by atoms with van der Waals surface area (Å²) in [5.41, 5.74) is 4.49. The fourth-order valence-corrected chi connectivity index (χ4v) is 4.28. The zero-order valence-corrected chi connectivity index (χ0v) is 16.3. The van der Waals surface area contributed by atoms with Crippen molar-refractivity contribution in [2.75, 3.05) is 5.32 Å². The molecule has 4 heterocycles. The molecule has 1 N–H and O–H groups in total. The number of aryl methyl sites for hydroxylation is 3. The molecule has 0 unspecified atom stereocenters. The molecule has 0 aliphatic rings. The minimum absolute atomic E-state index is 0.139. The van der Waals surface area contributed by atoms with Gasteiger partial charge in [-0.2, -0.15) is 5.10 Å². The van der Waals surface area contributed by atoms with Crippen molar-refractivity contribution in [3.05, 3.63) is 69.9 Å². The van der Waals surface area contributed by atoms with Gasteiger partial charge in [-0.05, 0) is 31.2 Å². The van der Waals surface area contributed by atoms with Crippen molar-refractivity contribution in [1.29, 1.82) is 0 Å². The number of thiazole rings is 1. The molecular weight excluding hydrogens is 378 g/mol. The zero-order valence-electron chi connectivity index (χ0n) is 14.6. The molecule has 27 heavy (non-hydrogen) atoms. The Morgan fingerprint density at radius 3 is 2.93 bits per heavy atom. The van der Waals surface area contributed by atoms with E-state index in [1.165, 1.54) is 16.2 Å². The summed E-state index contributed by atoms with van der Waals surface area (Å²) < 4.78 is 1.84. The SMILES string of the molecule is Cc1ncsc1CCn1cc(NC(=O)c2ccc(-c3ccccn3)s2)cn1. The molecule has 0 atom stereocenters. The number of carbonyl (C=O) groups is 1. The molecule has 0 aliphatic carbocycles. The minimum Gasteiger partial charge on any atom is -0.319 e. The number of nitrogens with one attached hydrogen (secondary N) is 1. The topological polar surface area (TPSA) is 72.7 Å². The second-order valence-electron chi connectivity index (χ2n) is 5.94. The molecule has 0 bridgehead atoms. The van der Waals surface area contributed by atoms with E-state index in [9.17, 15) is 4.79 Å². The number of rotatable bonds is 6. The maximum absolute atomic E-state index is 12.5. The van der Waals surface area contributed by atoms with Crippen LogP contribution in [0.4, 0.5) is 5.69 Å². The number of hydrogen-bond acceptors (Lipinski definition) is 6. The van der Waals surface area contributed by atoms with Gasteiger partial charge in [-0.1, -0.05) is 6.07 Å². The molecule has 0 saturated heterocycles. The Balaban J connectivity index is 1.38. The van der Waals surface area contributed by atoms with Crippen molar-refractivity contribution in [3.8, 4) is 10.6 Å². The zero-order chi connectivity index (χ0) is 18.6. The molecule has 1 amide bonds. The Morgan fingerprint density at radius 2 is 2.15 bits per heavy atom. The number of pyridine rings is 1. The van der Waals surface area contributed by atoms with Crippen LogP contribution in [0.15, 0.2) is 54.4 Å². The van der Waals surface area contributed by atoms with E-state index >= 15 is 0 Å². The fourth-order valence-electron chi connectivity index (χ4n) is 2.63. The second kappa shape index (κ2) is 7.81. The molecule has 0 aliphatic heterocycles. The maximum Gasteiger partial charge on any atom is 0.265 e. The highest BCUT2D eigenvalue weighted by atomic mass is 32.1. The van der Waals surface area contributed by atoms with Gasteiger partial charge in [-0.15, -0.1) is 22.7 Å². The third kappa shape index (κ3) is 4.12. The number of hydrogen-bond donors (Lipinski definition) is 1. The number of anilines is 1. The predicted octanol–water partition coefficient (Wildman–Crippen LogP) is 4.27. The van der Waals surface area contributed by atoms with Gasteiger partial charge in [0, 0.05) is 30.2 Å². The van der Waals surface area contributed by atoms with E-state index in [2.05, 4.69) is 20.4 Å². The molecule has 4 aromatic rings. The molecule has 6 nitrogen and oxygen atoms in total. The van der Waals surface area contributed by atoms with E-state index in [-0.39, 0.29) is 5.91 Å². The number of thiophene rings is 1. The van der Waals surface area contributed by atoms with Crippen molar-refractivity contribution < 1.29 is 4.79 Å². The molecular formula is C19H17N5OS2. The average Bonchev–Trinajstić information content (AvgIpc) is 3.42. The third-order valence-electron chi connectivity index (χ3n) is 4.05. The summed E-state index contributed by atoms with van der Waals surface area (Å²) in [5.74, 6) is -0.139. The Bertz CT molecular complexity index is 1050. The number of aromatic nitrogens is 4. The highest BCUT2D eigenvalue weighted by Gasteiger charge is 2.12. The van der Waals surface area contributed by atoms with Crippen LogP contribution < -0.4 is 5.32 Å². The molecule has 0 radical (unpaired) electrons. The molecule has 0 fully saturated rings. The van der Waals surface area contributed by atoms with Crippen molar-refractivity contribution in [2.45, 2.75) is 19.9 Å². The lowest BCUT2D eigenvalue weighted by Crippen LogP contribution is -2.09. The van der Waals surface area contributed by atoms with E-state index < -0.39 is 0 Å². The van der Waals surface area contributed by atoms with Gasteiger partial charge in [0.2, 0.25) is 0 Å². The summed E-state index contributed by atoms with van der Waals surface area (Å²) in [6.45, 7) is 2.77. The van der Waals surface area contributed by atoms with Crippen molar-refractivity contribution in [1.82, 2.24) is 19.7 Å². The van der Waals surface area contributed by atoms with Crippen LogP contribution in [0.25, 0.3) is 10.6 Å². The van der Waals surface area contributed by atoms with Gasteiger partial charge >= 0.3 is 0 Å². The summed E-state index contributed by atoms with van der Waals surface area (Å²) in [5, 5.41) is 7.23. The standard InChI is InChI=1S/C19H17N5OS2/c1-13-16(26-12-21-13)7-9-24-11-14(10-22-24)23-19(25)18-6-5-17(27-18)15-4-2-3-8-20-15/h2-6,8,10-12H,7,9H2,1H3,(H,23,25). The van der Waals surface area contributed by atoms with Crippen LogP contribution in [0.2, 0.25) is 0 Å². The van der Waals surface area contributed by atoms with Gasteiger partial charge in [0.1, 0.15) is 0 Å². The quantitative estimate of drug-likeness (QED) is 0.529. The fraction of sp³-hybridized carbons (Fsp3) is 0.158. The molecule has 136 valence electrons. The summed E-state index contributed by atoms with van der Waals surface area (Å²) in [6.07, 6.45) is 6.15. The van der Waals surface area contributed by atoms with Gasteiger partial charge in [0.25, 0.3) is 5.91 Å². The Labute approximate surface area is 164 Å². The van der Waals surface area contributed by atoms with Crippen molar-refractivity contribution in [2.24, 2.45) is 0 Å². The van der Waals surface area contributed by atoms with E-state index in [4.69, 9.17) is 0 Å². The normalized spacial score (nSPS) is 10.9. The lowest BCUT2D eigenvalue weighted by Gasteiger charge is -2.01. The summed E-state index contributed by atoms with van der Waals surface area (Å²) >= 11 is 3.08. The molecule has 4 rings (SSSR count). The van der Waals surface area contributed by atoms with Gasteiger partial charge in [0.05, 0.1) is 38.5 Å². The van der Waals surface area contributed by atoms with Crippen molar-refractivity contribution >= 4 is 34.3 Å². The van der Waals surface area contributed by atoms with Crippen LogP contribution in [0.3, 0.4) is 0 Å². The van der Waals surface area contributed by atoms with Gasteiger partial charge in [-0.25, -0.2) is 4.98 Å². The lowest BCUT2D eigenvalue weighted by atomic mass is 10.3. The van der Waals surface area contributed by atoms with E-state index in [1.54, 1.807) is 23.7 Å². The molecule has 0 saturated carbocycles. The lowest BCUT2D eigenvalue weighted by molar-refractivity contribution is 0.103. The Morgan fingerprint density at radius 1 is 1.22 bits per heavy atom. The van der Waals surface area contributed by atoms with E-state index in [0.29, 0.717) is 10.6 Å². The molecule has 8 heteroatoms. The summed E-state index contributed by atoms with van der Waals surface area (Å²) in [7, 11) is 0. The first-order chi connectivity index (χ1) is 13.2. The highest BCUT2D eigenvalue weighted by molar-refractivity contribution is 7.17. The van der Waals surface area contributed by atoms with Crippen LogP contribution in [-0.4, -0.2) is 25.7 Å². The monoisotopic (exact) mass is 395 g/mol. The van der Waals surface area contributed by atoms with Crippen LogP contribution in [0.1, 0.15) is 20.2 Å². The Kier molecular flexibility index (Phi) is 5.08. The van der Waals surface area contributed by atoms with Gasteiger partial charge in [-0.3, -0.25) is 14.5 Å². The van der Waals surface area contributed by atoms with Crippen LogP contribution in [0.5, 0.6) is 0 Å². The van der Waals surface area contributed by atoms with Crippen molar-refractivity contribution in [3.63, 3.8) is 0 Å². The smallest absolute Gasteiger partial charge is 0.265 e. The first-order valence-electron chi connectivity index (χ1n) is 8.43. The number of amides is 1. The number of nitrogens with zero attached hydrogens (tertiary/aromatic N) is 4. The van der Waals surface area contributed by atoms with E-state index in [1.807, 2.05) is 53.6 Å². The third-order valence-corrected chi connectivity index (χ3v) is 6.15. The van der Waals surface area contributed by atoms with Crippen LogP contribution in [0, 0.1) is 6.92 Å². The van der Waals surface area contributed by atoms with Crippen LogP contribution >= 0.6 is 22.7 Å².